The molecule has 2 saturated carbocycles. The van der Waals surface area contributed by atoms with E-state index in [1.165, 1.54) is 44.9 Å². The summed E-state index contributed by atoms with van der Waals surface area (Å²) >= 11 is 0. The van der Waals surface area contributed by atoms with Gasteiger partial charge in [0.25, 0.3) is 0 Å². The summed E-state index contributed by atoms with van der Waals surface area (Å²) < 4.78 is 0. The van der Waals surface area contributed by atoms with Gasteiger partial charge in [0.1, 0.15) is 0 Å². The molecule has 2 nitrogen and oxygen atoms in total. The van der Waals surface area contributed by atoms with Gasteiger partial charge in [-0.25, -0.2) is 0 Å². The van der Waals surface area contributed by atoms with E-state index in [0.29, 0.717) is 11.5 Å². The van der Waals surface area contributed by atoms with Crippen molar-refractivity contribution in [2.45, 2.75) is 83.8 Å². The Kier molecular flexibility index (Phi) is 4.71. The predicted octanol–water partition coefficient (Wildman–Crippen LogP) is 3.42. The van der Waals surface area contributed by atoms with Crippen molar-refractivity contribution >= 4 is 0 Å². The molecule has 2 aliphatic rings. The molecule has 0 saturated heterocycles. The highest BCUT2D eigenvalue weighted by atomic mass is 15.2. The van der Waals surface area contributed by atoms with Crippen LogP contribution in [0, 0.1) is 5.41 Å². The van der Waals surface area contributed by atoms with Crippen molar-refractivity contribution in [3.8, 4) is 0 Å². The van der Waals surface area contributed by atoms with Gasteiger partial charge in [-0.05, 0) is 57.9 Å². The van der Waals surface area contributed by atoms with Gasteiger partial charge in [-0.3, -0.25) is 4.90 Å². The van der Waals surface area contributed by atoms with Crippen LogP contribution in [-0.2, 0) is 0 Å². The molecular weight excluding hydrogens is 220 g/mol. The van der Waals surface area contributed by atoms with Gasteiger partial charge in [0, 0.05) is 24.7 Å². The molecule has 0 radical (unpaired) electrons. The Balaban J connectivity index is 1.69. The lowest BCUT2D eigenvalue weighted by Crippen LogP contribution is -2.42. The maximum absolute atomic E-state index is 3.82. The lowest BCUT2D eigenvalue weighted by atomic mass is 9.85. The van der Waals surface area contributed by atoms with Crippen LogP contribution in [0.5, 0.6) is 0 Å². The fraction of sp³-hybridized carbons (Fsp3) is 1.00. The van der Waals surface area contributed by atoms with E-state index in [4.69, 9.17) is 0 Å². The van der Waals surface area contributed by atoms with E-state index in [0.717, 1.165) is 18.6 Å². The third kappa shape index (κ3) is 4.24. The van der Waals surface area contributed by atoms with Crippen LogP contribution in [0.1, 0.15) is 65.7 Å². The summed E-state index contributed by atoms with van der Waals surface area (Å²) in [6.45, 7) is 8.39. The molecule has 0 bridgehead atoms. The molecule has 2 rings (SSSR count). The third-order valence-corrected chi connectivity index (χ3v) is 5.10. The highest BCUT2D eigenvalue weighted by molar-refractivity contribution is 4.87. The smallest absolute Gasteiger partial charge is 0.0192 e. The minimum absolute atomic E-state index is 0.576. The second-order valence-electron chi connectivity index (χ2n) is 7.45. The van der Waals surface area contributed by atoms with Crippen molar-refractivity contribution in [2.24, 2.45) is 5.41 Å². The lowest BCUT2D eigenvalue weighted by Gasteiger charge is -2.27. The van der Waals surface area contributed by atoms with E-state index < -0.39 is 0 Å². The van der Waals surface area contributed by atoms with E-state index >= 15 is 0 Å². The number of hydrogen-bond donors (Lipinski definition) is 1. The molecule has 2 heteroatoms. The van der Waals surface area contributed by atoms with Crippen LogP contribution in [0.3, 0.4) is 0 Å². The molecule has 0 amide bonds. The maximum atomic E-state index is 3.82. The first-order valence-electron chi connectivity index (χ1n) is 7.93. The molecule has 0 aromatic carbocycles. The topological polar surface area (TPSA) is 15.3 Å². The van der Waals surface area contributed by atoms with Gasteiger partial charge in [-0.15, -0.1) is 0 Å². The van der Waals surface area contributed by atoms with Crippen LogP contribution in [0.4, 0.5) is 0 Å². The number of nitrogens with one attached hydrogen (secondary N) is 1. The molecule has 18 heavy (non-hydrogen) atoms. The first-order chi connectivity index (χ1) is 8.48. The number of likely N-dealkylation sites (N-methyl/N-ethyl adjacent to an activating group) is 1. The van der Waals surface area contributed by atoms with Crippen molar-refractivity contribution in [1.29, 1.82) is 0 Å². The Hall–Kier alpha value is -0.0800. The molecular formula is C16H32N2. The molecule has 0 aromatic rings. The van der Waals surface area contributed by atoms with Gasteiger partial charge >= 0.3 is 0 Å². The SMILES string of the molecule is CC(CNC1CCCC(C)(C)CC1)N(C)C1CC1. The highest BCUT2D eigenvalue weighted by Crippen LogP contribution is 2.33. The monoisotopic (exact) mass is 252 g/mol. The van der Waals surface area contributed by atoms with Crippen LogP contribution in [0.25, 0.3) is 0 Å². The maximum Gasteiger partial charge on any atom is 0.0192 e. The fourth-order valence-corrected chi connectivity index (χ4v) is 3.19. The molecule has 2 aliphatic carbocycles. The average molecular weight is 252 g/mol. The molecule has 1 N–H and O–H groups in total. The lowest BCUT2D eigenvalue weighted by molar-refractivity contribution is 0.232. The van der Waals surface area contributed by atoms with E-state index in [1.54, 1.807) is 0 Å². The van der Waals surface area contributed by atoms with E-state index in [2.05, 4.69) is 38.0 Å². The minimum Gasteiger partial charge on any atom is -0.312 e. The van der Waals surface area contributed by atoms with Crippen LogP contribution >= 0.6 is 0 Å². The standard InChI is InChI=1S/C16H32N2/c1-13(18(4)15-7-8-15)12-17-14-6-5-10-16(2,3)11-9-14/h13-15,17H,5-12H2,1-4H3. The predicted molar refractivity (Wildman–Crippen MR) is 78.9 cm³/mol. The second kappa shape index (κ2) is 5.92. The Bertz CT molecular complexity index is 258. The van der Waals surface area contributed by atoms with Crippen molar-refractivity contribution < 1.29 is 0 Å². The van der Waals surface area contributed by atoms with Gasteiger partial charge in [0.2, 0.25) is 0 Å². The number of hydrogen-bond acceptors (Lipinski definition) is 2. The summed E-state index contributed by atoms with van der Waals surface area (Å²) in [5.41, 5.74) is 0.576. The molecule has 0 heterocycles. The Morgan fingerprint density at radius 1 is 1.17 bits per heavy atom. The molecule has 2 unspecified atom stereocenters. The molecule has 0 spiro atoms. The minimum atomic E-state index is 0.576. The number of rotatable bonds is 5. The molecule has 2 atom stereocenters. The summed E-state index contributed by atoms with van der Waals surface area (Å²) in [5.74, 6) is 0. The van der Waals surface area contributed by atoms with Crippen molar-refractivity contribution in [2.75, 3.05) is 13.6 Å². The van der Waals surface area contributed by atoms with Gasteiger partial charge in [-0.1, -0.05) is 20.3 Å². The van der Waals surface area contributed by atoms with Crippen LogP contribution in [0.2, 0.25) is 0 Å². The van der Waals surface area contributed by atoms with Crippen LogP contribution in [0.15, 0.2) is 0 Å². The van der Waals surface area contributed by atoms with Crippen LogP contribution < -0.4 is 5.32 Å². The Labute approximate surface area is 114 Å². The van der Waals surface area contributed by atoms with E-state index in [-0.39, 0.29) is 0 Å². The van der Waals surface area contributed by atoms with Gasteiger partial charge in [0.15, 0.2) is 0 Å². The van der Waals surface area contributed by atoms with Crippen molar-refractivity contribution in [1.82, 2.24) is 10.2 Å². The van der Waals surface area contributed by atoms with Gasteiger partial charge in [-0.2, -0.15) is 0 Å². The summed E-state index contributed by atoms with van der Waals surface area (Å²) in [6.07, 6.45) is 9.77. The average Bonchev–Trinajstić information content (AvgIpc) is 3.13. The van der Waals surface area contributed by atoms with Crippen molar-refractivity contribution in [3.63, 3.8) is 0 Å². The van der Waals surface area contributed by atoms with Crippen molar-refractivity contribution in [3.05, 3.63) is 0 Å². The molecule has 0 aromatic heterocycles. The normalized spacial score (nSPS) is 30.2. The number of nitrogens with zero attached hydrogens (tertiary/aromatic N) is 1. The summed E-state index contributed by atoms with van der Waals surface area (Å²) in [5, 5.41) is 3.82. The first kappa shape index (κ1) is 14.3. The second-order valence-corrected chi connectivity index (χ2v) is 7.45. The molecule has 106 valence electrons. The van der Waals surface area contributed by atoms with Crippen LogP contribution in [-0.4, -0.2) is 36.6 Å². The fourth-order valence-electron chi connectivity index (χ4n) is 3.19. The van der Waals surface area contributed by atoms with E-state index in [1.807, 2.05) is 0 Å². The summed E-state index contributed by atoms with van der Waals surface area (Å²) in [4.78, 5) is 2.56. The highest BCUT2D eigenvalue weighted by Gasteiger charge is 2.29. The van der Waals surface area contributed by atoms with Gasteiger partial charge < -0.3 is 5.32 Å². The van der Waals surface area contributed by atoms with E-state index in [9.17, 15) is 0 Å². The Morgan fingerprint density at radius 2 is 1.89 bits per heavy atom. The third-order valence-electron chi connectivity index (χ3n) is 5.10. The zero-order valence-electron chi connectivity index (χ0n) is 12.8. The molecule has 0 aliphatic heterocycles. The zero-order valence-corrected chi connectivity index (χ0v) is 12.8. The summed E-state index contributed by atoms with van der Waals surface area (Å²) in [7, 11) is 2.29. The molecule has 2 fully saturated rings. The quantitative estimate of drug-likeness (QED) is 0.754. The summed E-state index contributed by atoms with van der Waals surface area (Å²) in [6, 6.07) is 2.34. The Morgan fingerprint density at radius 3 is 2.56 bits per heavy atom. The zero-order chi connectivity index (χ0) is 13.2. The first-order valence-corrected chi connectivity index (χ1v) is 7.93. The largest absolute Gasteiger partial charge is 0.312 e. The van der Waals surface area contributed by atoms with Gasteiger partial charge in [0.05, 0.1) is 0 Å².